The van der Waals surface area contributed by atoms with Crippen LogP contribution in [0.5, 0.6) is 0 Å². The highest BCUT2D eigenvalue weighted by Crippen LogP contribution is 2.20. The number of amides is 1. The van der Waals surface area contributed by atoms with E-state index in [2.05, 4.69) is 26.0 Å². The van der Waals surface area contributed by atoms with Gasteiger partial charge in [0, 0.05) is 11.0 Å². The van der Waals surface area contributed by atoms with Crippen LogP contribution < -0.4 is 11.1 Å². The fourth-order valence-corrected chi connectivity index (χ4v) is 1.80. The van der Waals surface area contributed by atoms with Crippen LogP contribution >= 0.6 is 15.9 Å². The van der Waals surface area contributed by atoms with E-state index in [-0.39, 0.29) is 13.2 Å². The maximum absolute atomic E-state index is 12.0. The summed E-state index contributed by atoms with van der Waals surface area (Å²) in [5.74, 6) is -0.486. The lowest BCUT2D eigenvalue weighted by atomic mass is 9.92. The predicted octanol–water partition coefficient (Wildman–Crippen LogP) is 2.32. The first-order valence-corrected chi connectivity index (χ1v) is 6.90. The third-order valence-corrected chi connectivity index (χ3v) is 3.24. The molecule has 118 valence electrons. The molecule has 0 heterocycles. The van der Waals surface area contributed by atoms with Gasteiger partial charge in [-0.15, -0.1) is 0 Å². The van der Waals surface area contributed by atoms with E-state index in [1.54, 1.807) is 24.3 Å². The largest absolute Gasteiger partial charge is 0.411 e. The first-order chi connectivity index (χ1) is 9.63. The van der Waals surface area contributed by atoms with Crippen LogP contribution in [-0.4, -0.2) is 31.8 Å². The van der Waals surface area contributed by atoms with Crippen molar-refractivity contribution in [3.63, 3.8) is 0 Å². The van der Waals surface area contributed by atoms with E-state index in [9.17, 15) is 18.0 Å². The molecule has 0 aromatic heterocycles. The molecular formula is C13H16BrF3N2O2. The maximum atomic E-state index is 12.0. The van der Waals surface area contributed by atoms with Crippen molar-refractivity contribution >= 4 is 21.8 Å². The molecule has 1 aromatic rings. The molecule has 3 N–H and O–H groups in total. The van der Waals surface area contributed by atoms with Crippen molar-refractivity contribution in [2.45, 2.75) is 18.6 Å². The number of halogens is 4. The Balaban J connectivity index is 2.45. The summed E-state index contributed by atoms with van der Waals surface area (Å²) in [7, 11) is 0. The normalized spacial score (nSPS) is 14.6. The summed E-state index contributed by atoms with van der Waals surface area (Å²) in [6.45, 7) is -0.0858. The van der Waals surface area contributed by atoms with Gasteiger partial charge < -0.3 is 15.8 Å². The van der Waals surface area contributed by atoms with Crippen molar-refractivity contribution in [3.8, 4) is 0 Å². The molecule has 0 aliphatic carbocycles. The van der Waals surface area contributed by atoms with Gasteiger partial charge in [0.25, 0.3) is 0 Å². The quantitative estimate of drug-likeness (QED) is 0.757. The average Bonchev–Trinajstić information content (AvgIpc) is 2.37. The Morgan fingerprint density at radius 2 is 1.90 bits per heavy atom. The van der Waals surface area contributed by atoms with E-state index in [1.807, 2.05) is 0 Å². The zero-order chi connectivity index (χ0) is 16.1. The second-order valence-corrected chi connectivity index (χ2v) is 5.55. The molecule has 0 fully saturated rings. The summed E-state index contributed by atoms with van der Waals surface area (Å²) in [4.78, 5) is 12.0. The van der Waals surface area contributed by atoms with Gasteiger partial charge in [0.05, 0.1) is 6.61 Å². The molecule has 21 heavy (non-hydrogen) atoms. The van der Waals surface area contributed by atoms with Crippen molar-refractivity contribution < 1.29 is 22.7 Å². The predicted molar refractivity (Wildman–Crippen MR) is 75.6 cm³/mol. The number of hydrogen-bond acceptors (Lipinski definition) is 3. The molecule has 0 aliphatic heterocycles. The van der Waals surface area contributed by atoms with Crippen LogP contribution in [0.25, 0.3) is 0 Å². The Kier molecular flexibility index (Phi) is 6.18. The topological polar surface area (TPSA) is 64.4 Å². The number of hydrogen-bond donors (Lipinski definition) is 2. The first-order valence-electron chi connectivity index (χ1n) is 6.10. The number of alkyl halides is 3. The third kappa shape index (κ3) is 6.03. The van der Waals surface area contributed by atoms with E-state index < -0.39 is 24.2 Å². The third-order valence-electron chi connectivity index (χ3n) is 2.71. The molecule has 0 aliphatic rings. The Hall–Kier alpha value is -1.12. The van der Waals surface area contributed by atoms with Crippen molar-refractivity contribution in [2.75, 3.05) is 19.8 Å². The number of ether oxygens (including phenoxy) is 1. The van der Waals surface area contributed by atoms with Crippen LogP contribution in [0.1, 0.15) is 12.5 Å². The molecule has 1 rings (SSSR count). The Morgan fingerprint density at radius 3 is 2.43 bits per heavy atom. The number of nitrogens with two attached hydrogens (primary N) is 1. The van der Waals surface area contributed by atoms with E-state index in [0.717, 1.165) is 4.47 Å². The van der Waals surface area contributed by atoms with Crippen LogP contribution in [0.3, 0.4) is 0 Å². The summed E-state index contributed by atoms with van der Waals surface area (Å²) in [5, 5.41) is 2.45. The lowest BCUT2D eigenvalue weighted by Gasteiger charge is -2.24. The van der Waals surface area contributed by atoms with Crippen molar-refractivity contribution in [1.82, 2.24) is 5.32 Å². The molecule has 0 bridgehead atoms. The standard InChI is InChI=1S/C13H16BrF3N2O2/c1-12(18,9-2-4-10(14)5-3-9)11(20)19-6-7-21-8-13(15,16)17/h2-5H,6-8,18H2,1H3,(H,19,20). The van der Waals surface area contributed by atoms with E-state index in [1.165, 1.54) is 6.92 Å². The monoisotopic (exact) mass is 368 g/mol. The van der Waals surface area contributed by atoms with Crippen molar-refractivity contribution in [2.24, 2.45) is 5.73 Å². The molecular weight excluding hydrogens is 353 g/mol. The minimum atomic E-state index is -4.37. The van der Waals surface area contributed by atoms with Crippen LogP contribution in [-0.2, 0) is 15.1 Å². The van der Waals surface area contributed by atoms with Gasteiger partial charge in [-0.05, 0) is 24.6 Å². The van der Waals surface area contributed by atoms with Gasteiger partial charge in [0.1, 0.15) is 12.1 Å². The van der Waals surface area contributed by atoms with Crippen molar-refractivity contribution in [3.05, 3.63) is 34.3 Å². The van der Waals surface area contributed by atoms with E-state index >= 15 is 0 Å². The number of carbonyl (C=O) groups excluding carboxylic acids is 1. The number of benzene rings is 1. The van der Waals surface area contributed by atoms with Crippen LogP contribution in [0, 0.1) is 0 Å². The molecule has 0 saturated heterocycles. The zero-order valence-corrected chi connectivity index (χ0v) is 12.9. The van der Waals surface area contributed by atoms with Gasteiger partial charge in [-0.3, -0.25) is 4.79 Å². The lowest BCUT2D eigenvalue weighted by Crippen LogP contribution is -2.49. The summed E-state index contributed by atoms with van der Waals surface area (Å²) in [6, 6.07) is 6.90. The summed E-state index contributed by atoms with van der Waals surface area (Å²) in [5.41, 5.74) is 5.29. The molecule has 1 aromatic carbocycles. The smallest absolute Gasteiger partial charge is 0.370 e. The summed E-state index contributed by atoms with van der Waals surface area (Å²) in [6.07, 6.45) is -4.37. The fraction of sp³-hybridized carbons (Fsp3) is 0.462. The van der Waals surface area contributed by atoms with E-state index in [4.69, 9.17) is 5.73 Å². The van der Waals surface area contributed by atoms with Crippen LogP contribution in [0.2, 0.25) is 0 Å². The summed E-state index contributed by atoms with van der Waals surface area (Å²) >= 11 is 3.27. The highest BCUT2D eigenvalue weighted by molar-refractivity contribution is 9.10. The van der Waals surface area contributed by atoms with Gasteiger partial charge in [-0.2, -0.15) is 13.2 Å². The number of nitrogens with one attached hydrogen (secondary N) is 1. The zero-order valence-electron chi connectivity index (χ0n) is 11.3. The highest BCUT2D eigenvalue weighted by Gasteiger charge is 2.30. The lowest BCUT2D eigenvalue weighted by molar-refractivity contribution is -0.173. The minimum absolute atomic E-state index is 0.0434. The van der Waals surface area contributed by atoms with Crippen molar-refractivity contribution in [1.29, 1.82) is 0 Å². The Morgan fingerprint density at radius 1 is 1.33 bits per heavy atom. The molecule has 1 amide bonds. The SMILES string of the molecule is CC(N)(C(=O)NCCOCC(F)(F)F)c1ccc(Br)cc1. The fourth-order valence-electron chi connectivity index (χ4n) is 1.54. The molecule has 4 nitrogen and oxygen atoms in total. The van der Waals surface area contributed by atoms with Gasteiger partial charge in [0.15, 0.2) is 0 Å². The van der Waals surface area contributed by atoms with Crippen LogP contribution in [0.15, 0.2) is 28.7 Å². The minimum Gasteiger partial charge on any atom is -0.370 e. The molecule has 1 atom stereocenters. The van der Waals surface area contributed by atoms with E-state index in [0.29, 0.717) is 5.56 Å². The highest BCUT2D eigenvalue weighted by atomic mass is 79.9. The Labute approximate surface area is 129 Å². The molecule has 0 radical (unpaired) electrons. The Bertz CT molecular complexity index is 475. The number of rotatable bonds is 6. The molecule has 0 spiro atoms. The average molecular weight is 369 g/mol. The van der Waals surface area contributed by atoms with Gasteiger partial charge in [-0.25, -0.2) is 0 Å². The molecule has 0 saturated carbocycles. The molecule has 1 unspecified atom stereocenters. The van der Waals surface area contributed by atoms with Gasteiger partial charge in [0.2, 0.25) is 5.91 Å². The molecule has 8 heteroatoms. The first kappa shape index (κ1) is 17.9. The maximum Gasteiger partial charge on any atom is 0.411 e. The van der Waals surface area contributed by atoms with Gasteiger partial charge >= 0.3 is 6.18 Å². The van der Waals surface area contributed by atoms with Crippen LogP contribution in [0.4, 0.5) is 13.2 Å². The second-order valence-electron chi connectivity index (χ2n) is 4.63. The van der Waals surface area contributed by atoms with Gasteiger partial charge in [-0.1, -0.05) is 28.1 Å². The number of carbonyl (C=O) groups is 1. The second kappa shape index (κ2) is 7.24. The summed E-state index contributed by atoms with van der Waals surface area (Å²) < 4.78 is 40.8.